The molecule has 0 saturated carbocycles. The number of aromatic nitrogens is 4. The van der Waals surface area contributed by atoms with Gasteiger partial charge in [0.2, 0.25) is 18.2 Å². The van der Waals surface area contributed by atoms with Crippen LogP contribution in [-0.4, -0.2) is 32.1 Å². The second kappa shape index (κ2) is 6.35. The van der Waals surface area contributed by atoms with Crippen molar-refractivity contribution >= 4 is 22.5 Å². The first-order valence-electron chi connectivity index (χ1n) is 8.11. The van der Waals surface area contributed by atoms with Crippen LogP contribution in [0.15, 0.2) is 48.0 Å². The average Bonchev–Trinajstić information content (AvgIpc) is 3.30. The van der Waals surface area contributed by atoms with Crippen molar-refractivity contribution in [1.29, 1.82) is 0 Å². The van der Waals surface area contributed by atoms with Crippen molar-refractivity contribution in [3.63, 3.8) is 0 Å². The Bertz CT molecular complexity index is 955. The minimum absolute atomic E-state index is 0.0968. The number of amides is 1. The van der Waals surface area contributed by atoms with Gasteiger partial charge in [-0.3, -0.25) is 4.79 Å². The lowest BCUT2D eigenvalue weighted by molar-refractivity contribution is -0.117. The summed E-state index contributed by atoms with van der Waals surface area (Å²) >= 11 is 0. The van der Waals surface area contributed by atoms with Crippen LogP contribution in [0.3, 0.4) is 0 Å². The van der Waals surface area contributed by atoms with Gasteiger partial charge in [-0.1, -0.05) is 12.7 Å². The molecule has 1 atom stereocenters. The second-order valence-electron chi connectivity index (χ2n) is 5.95. The molecule has 0 saturated heterocycles. The summed E-state index contributed by atoms with van der Waals surface area (Å²) in [7, 11) is 0. The molecule has 7 nitrogen and oxygen atoms in total. The van der Waals surface area contributed by atoms with Crippen molar-refractivity contribution in [3.8, 4) is 11.5 Å². The van der Waals surface area contributed by atoms with Crippen LogP contribution in [0.2, 0.25) is 0 Å². The van der Waals surface area contributed by atoms with Gasteiger partial charge in [-0.15, -0.1) is 10.2 Å². The van der Waals surface area contributed by atoms with Gasteiger partial charge in [0, 0.05) is 23.8 Å². The van der Waals surface area contributed by atoms with Crippen molar-refractivity contribution in [2.24, 2.45) is 0 Å². The summed E-state index contributed by atoms with van der Waals surface area (Å²) in [6, 6.07) is 2.08. The second-order valence-corrected chi connectivity index (χ2v) is 5.95. The van der Waals surface area contributed by atoms with E-state index in [9.17, 15) is 4.79 Å². The van der Waals surface area contributed by atoms with E-state index in [-0.39, 0.29) is 11.9 Å². The number of carbonyl (C=O) groups excluding carboxylic acids is 1. The molecular formula is C18H17N5O2. The fourth-order valence-electron chi connectivity index (χ4n) is 3.30. The van der Waals surface area contributed by atoms with E-state index in [0.29, 0.717) is 5.89 Å². The lowest BCUT2D eigenvalue weighted by atomic mass is 9.88. The molecule has 1 amide bonds. The Balaban J connectivity index is 1.74. The van der Waals surface area contributed by atoms with Crippen LogP contribution in [0.25, 0.3) is 28.1 Å². The van der Waals surface area contributed by atoms with E-state index in [1.165, 1.54) is 18.0 Å². The molecule has 126 valence electrons. The highest BCUT2D eigenvalue weighted by molar-refractivity contribution is 6.00. The summed E-state index contributed by atoms with van der Waals surface area (Å²) < 4.78 is 5.36. The zero-order valence-corrected chi connectivity index (χ0v) is 13.5. The first kappa shape index (κ1) is 15.3. The van der Waals surface area contributed by atoms with Crippen LogP contribution in [0.5, 0.6) is 0 Å². The zero-order valence-electron chi connectivity index (χ0n) is 13.5. The number of aromatic amines is 1. The van der Waals surface area contributed by atoms with E-state index in [1.807, 2.05) is 12.3 Å². The maximum absolute atomic E-state index is 11.6. The van der Waals surface area contributed by atoms with Gasteiger partial charge in [0.1, 0.15) is 5.65 Å². The SMILES string of the molecule is C=CC(=O)NC1CCC=C(c2ccnc3[nH]cc(-c4nnco4)c23)C1. The van der Waals surface area contributed by atoms with Crippen molar-refractivity contribution in [1.82, 2.24) is 25.5 Å². The Morgan fingerprint density at radius 2 is 2.36 bits per heavy atom. The van der Waals surface area contributed by atoms with Crippen molar-refractivity contribution < 1.29 is 9.21 Å². The molecule has 0 fully saturated rings. The number of H-pyrrole nitrogens is 1. The van der Waals surface area contributed by atoms with Crippen LogP contribution in [-0.2, 0) is 4.79 Å². The van der Waals surface area contributed by atoms with Crippen molar-refractivity contribution in [2.75, 3.05) is 0 Å². The Morgan fingerprint density at radius 3 is 3.16 bits per heavy atom. The van der Waals surface area contributed by atoms with Crippen LogP contribution >= 0.6 is 0 Å². The molecule has 1 aliphatic rings. The van der Waals surface area contributed by atoms with Gasteiger partial charge in [-0.05, 0) is 42.5 Å². The fourth-order valence-corrected chi connectivity index (χ4v) is 3.30. The highest BCUT2D eigenvalue weighted by Gasteiger charge is 2.22. The normalized spacial score (nSPS) is 17.3. The number of nitrogens with zero attached hydrogens (tertiary/aromatic N) is 3. The first-order chi connectivity index (χ1) is 12.3. The number of allylic oxidation sites excluding steroid dienone is 1. The van der Waals surface area contributed by atoms with E-state index in [0.717, 1.165) is 41.4 Å². The van der Waals surface area contributed by atoms with Gasteiger partial charge in [-0.2, -0.15) is 0 Å². The Hall–Kier alpha value is -3.22. The molecule has 25 heavy (non-hydrogen) atoms. The quantitative estimate of drug-likeness (QED) is 0.715. The van der Waals surface area contributed by atoms with Gasteiger partial charge in [0.05, 0.1) is 5.56 Å². The van der Waals surface area contributed by atoms with E-state index in [2.05, 4.69) is 38.1 Å². The number of nitrogens with one attached hydrogen (secondary N) is 2. The molecular weight excluding hydrogens is 318 g/mol. The zero-order chi connectivity index (χ0) is 17.2. The molecule has 0 spiro atoms. The molecule has 0 bridgehead atoms. The summed E-state index contributed by atoms with van der Waals surface area (Å²) in [5.74, 6) is 0.313. The molecule has 3 aromatic heterocycles. The predicted molar refractivity (Wildman–Crippen MR) is 93.3 cm³/mol. The van der Waals surface area contributed by atoms with Crippen LogP contribution in [0.1, 0.15) is 24.8 Å². The maximum Gasteiger partial charge on any atom is 0.249 e. The molecule has 1 aliphatic carbocycles. The molecule has 2 N–H and O–H groups in total. The number of rotatable bonds is 4. The summed E-state index contributed by atoms with van der Waals surface area (Å²) in [6.07, 6.45) is 11.0. The highest BCUT2D eigenvalue weighted by atomic mass is 16.4. The minimum Gasteiger partial charge on any atom is -0.423 e. The molecule has 4 rings (SSSR count). The molecule has 3 aromatic rings. The monoisotopic (exact) mass is 335 g/mol. The standard InChI is InChI=1S/C18H17N5O2/c1-2-15(24)22-12-5-3-4-11(8-12)13-6-7-19-17-16(13)14(9-20-17)18-23-21-10-25-18/h2,4,6-7,9-10,12H,1,3,5,8H2,(H,19,20)(H,22,24). The lowest BCUT2D eigenvalue weighted by Gasteiger charge is -2.24. The van der Waals surface area contributed by atoms with E-state index in [1.54, 1.807) is 6.20 Å². The first-order valence-corrected chi connectivity index (χ1v) is 8.11. The number of hydrogen-bond donors (Lipinski definition) is 2. The number of hydrogen-bond acceptors (Lipinski definition) is 5. The Labute approximate surface area is 143 Å². The largest absolute Gasteiger partial charge is 0.423 e. The van der Waals surface area contributed by atoms with Crippen molar-refractivity contribution in [3.05, 3.63) is 49.1 Å². The summed E-state index contributed by atoms with van der Waals surface area (Å²) in [4.78, 5) is 19.2. The topological polar surface area (TPSA) is 96.7 Å². The smallest absolute Gasteiger partial charge is 0.249 e. The van der Waals surface area contributed by atoms with Gasteiger partial charge >= 0.3 is 0 Å². The van der Waals surface area contributed by atoms with E-state index in [4.69, 9.17) is 4.42 Å². The van der Waals surface area contributed by atoms with E-state index < -0.39 is 0 Å². The summed E-state index contributed by atoms with van der Waals surface area (Å²) in [5, 5.41) is 11.7. The fraction of sp³-hybridized carbons (Fsp3) is 0.222. The lowest BCUT2D eigenvalue weighted by Crippen LogP contribution is -2.34. The van der Waals surface area contributed by atoms with E-state index >= 15 is 0 Å². The Kier molecular flexibility index (Phi) is 3.89. The number of fused-ring (bicyclic) bond motifs is 1. The molecule has 0 aliphatic heterocycles. The number of carbonyl (C=O) groups is 1. The third-order valence-electron chi connectivity index (χ3n) is 4.41. The van der Waals surface area contributed by atoms with Gasteiger partial charge < -0.3 is 14.7 Å². The maximum atomic E-state index is 11.6. The van der Waals surface area contributed by atoms with Gasteiger partial charge in [0.25, 0.3) is 0 Å². The van der Waals surface area contributed by atoms with Gasteiger partial charge in [-0.25, -0.2) is 4.98 Å². The summed E-state index contributed by atoms with van der Waals surface area (Å²) in [6.45, 7) is 3.52. The molecule has 7 heteroatoms. The van der Waals surface area contributed by atoms with Crippen LogP contribution < -0.4 is 5.32 Å². The number of pyridine rings is 1. The predicted octanol–water partition coefficient (Wildman–Crippen LogP) is 2.85. The molecule has 1 unspecified atom stereocenters. The highest BCUT2D eigenvalue weighted by Crippen LogP contribution is 2.36. The third kappa shape index (κ3) is 2.84. The molecule has 3 heterocycles. The average molecular weight is 335 g/mol. The van der Waals surface area contributed by atoms with Crippen LogP contribution in [0, 0.1) is 0 Å². The van der Waals surface area contributed by atoms with Crippen LogP contribution in [0.4, 0.5) is 0 Å². The molecule has 0 radical (unpaired) electrons. The third-order valence-corrected chi connectivity index (χ3v) is 4.41. The van der Waals surface area contributed by atoms with Gasteiger partial charge in [0.15, 0.2) is 0 Å². The minimum atomic E-state index is -0.140. The van der Waals surface area contributed by atoms with Crippen molar-refractivity contribution in [2.45, 2.75) is 25.3 Å². The molecule has 0 aromatic carbocycles. The Morgan fingerprint density at radius 1 is 1.44 bits per heavy atom. The summed E-state index contributed by atoms with van der Waals surface area (Å²) in [5.41, 5.74) is 3.84.